The number of H-pyrrole nitrogens is 1. The van der Waals surface area contributed by atoms with Gasteiger partial charge in [-0.3, -0.25) is 4.79 Å². The Balaban J connectivity index is 0.00000336. The summed E-state index contributed by atoms with van der Waals surface area (Å²) in [5.41, 5.74) is 5.39. The van der Waals surface area contributed by atoms with Crippen LogP contribution < -0.4 is 4.74 Å². The first-order valence-corrected chi connectivity index (χ1v) is 14.5. The van der Waals surface area contributed by atoms with E-state index in [9.17, 15) is 13.2 Å². The zero-order chi connectivity index (χ0) is 26.3. The van der Waals surface area contributed by atoms with E-state index >= 15 is 0 Å². The normalized spacial score (nSPS) is 11.4. The number of thiazole rings is 1. The first-order chi connectivity index (χ1) is 17.7. The topological polar surface area (TPSA) is 89.1 Å². The van der Waals surface area contributed by atoms with Crippen LogP contribution in [-0.2, 0) is 16.3 Å². The van der Waals surface area contributed by atoms with Crippen molar-refractivity contribution in [3.05, 3.63) is 98.5 Å². The molecule has 0 saturated heterocycles. The Morgan fingerprint density at radius 1 is 1.05 bits per heavy atom. The summed E-state index contributed by atoms with van der Waals surface area (Å²) in [6.07, 6.45) is 1.71. The second-order valence-electron chi connectivity index (χ2n) is 8.73. The highest BCUT2D eigenvalue weighted by molar-refractivity contribution is 8.93. The van der Waals surface area contributed by atoms with E-state index in [4.69, 9.17) is 21.3 Å². The van der Waals surface area contributed by atoms with E-state index < -0.39 is 9.84 Å². The second-order valence-corrected chi connectivity index (χ2v) is 12.1. The molecule has 0 fully saturated rings. The summed E-state index contributed by atoms with van der Waals surface area (Å²) in [5, 5.41) is 4.20. The van der Waals surface area contributed by atoms with Crippen molar-refractivity contribution in [2.24, 2.45) is 0 Å². The molecule has 0 unspecified atom stereocenters. The van der Waals surface area contributed by atoms with Crippen LogP contribution in [0.25, 0.3) is 22.2 Å². The van der Waals surface area contributed by atoms with E-state index in [-0.39, 0.29) is 27.7 Å². The molecule has 0 radical (unpaired) electrons. The van der Waals surface area contributed by atoms with Crippen LogP contribution in [0.3, 0.4) is 0 Å². The number of methoxy groups -OCH3 is 1. The molecule has 0 aliphatic heterocycles. The number of ether oxygens (including phenoxy) is 1. The van der Waals surface area contributed by atoms with Crippen molar-refractivity contribution in [2.75, 3.05) is 13.4 Å². The number of carbonyl (C=O) groups is 1. The van der Waals surface area contributed by atoms with E-state index in [1.54, 1.807) is 61.7 Å². The molecule has 3 aromatic carbocycles. The Morgan fingerprint density at radius 3 is 2.37 bits per heavy atom. The quantitative estimate of drug-likeness (QED) is 0.194. The van der Waals surface area contributed by atoms with Gasteiger partial charge in [0.25, 0.3) is 0 Å². The van der Waals surface area contributed by atoms with Crippen LogP contribution in [0.4, 0.5) is 0 Å². The molecule has 0 aliphatic rings. The van der Waals surface area contributed by atoms with Crippen molar-refractivity contribution < 1.29 is 17.9 Å². The summed E-state index contributed by atoms with van der Waals surface area (Å²) in [4.78, 5) is 22.1. The summed E-state index contributed by atoms with van der Waals surface area (Å²) in [7, 11) is -1.70. The predicted octanol–water partition coefficient (Wildman–Crippen LogP) is 7.07. The largest absolute Gasteiger partial charge is 0.496 e. The highest BCUT2D eigenvalue weighted by Gasteiger charge is 2.23. The van der Waals surface area contributed by atoms with Crippen molar-refractivity contribution in [2.45, 2.75) is 18.2 Å². The standard InChI is InChI=1S/C28H23ClN2O4S2.BrH/c1-16-21(14-25-31-23(15-36-25)17-6-10-20(11-7-17)37(3,33)34)26-22(30-16)12-13-24(35-2)27(26)28(32)18-4-8-19(29)9-5-18;/h4-13,15,30H,14H2,1-3H3;1H. The SMILES string of the molecule is Br.COc1ccc2[nH]c(C)c(Cc3nc(-c4ccc(S(C)(=O)=O)cc4)cs3)c2c1C(=O)c1ccc(Cl)cc1. The number of aromatic nitrogens is 2. The lowest BCUT2D eigenvalue weighted by molar-refractivity contribution is 0.103. The average molecular weight is 632 g/mol. The minimum atomic E-state index is -3.26. The third-order valence-corrected chi connectivity index (χ3v) is 8.48. The first kappa shape index (κ1) is 28.0. The van der Waals surface area contributed by atoms with Crippen molar-refractivity contribution in [3.8, 4) is 17.0 Å². The monoisotopic (exact) mass is 630 g/mol. The number of halogens is 2. The Labute approximate surface area is 240 Å². The fourth-order valence-corrected chi connectivity index (χ4v) is 5.95. The molecular weight excluding hydrogens is 608 g/mol. The van der Waals surface area contributed by atoms with Gasteiger partial charge in [0.05, 0.1) is 28.3 Å². The second kappa shape index (κ2) is 11.0. The number of rotatable bonds is 7. The summed E-state index contributed by atoms with van der Waals surface area (Å²) in [6.45, 7) is 1.98. The van der Waals surface area contributed by atoms with Crippen molar-refractivity contribution >= 4 is 66.4 Å². The van der Waals surface area contributed by atoms with Gasteiger partial charge < -0.3 is 9.72 Å². The summed E-state index contributed by atoms with van der Waals surface area (Å²) < 4.78 is 29.2. The van der Waals surface area contributed by atoms with Gasteiger partial charge in [-0.2, -0.15) is 0 Å². The molecule has 0 aliphatic carbocycles. The predicted molar refractivity (Wildman–Crippen MR) is 158 cm³/mol. The Morgan fingerprint density at radius 2 is 1.74 bits per heavy atom. The Kier molecular flexibility index (Phi) is 8.13. The lowest BCUT2D eigenvalue weighted by atomic mass is 9.95. The molecule has 0 atom stereocenters. The molecule has 10 heteroatoms. The molecule has 0 amide bonds. The average Bonchev–Trinajstić information content (AvgIpc) is 3.47. The fraction of sp³-hybridized carbons (Fsp3) is 0.143. The van der Waals surface area contributed by atoms with Gasteiger partial charge in [0.15, 0.2) is 15.6 Å². The molecule has 0 spiro atoms. The van der Waals surface area contributed by atoms with Crippen LogP contribution in [0.1, 0.15) is 32.2 Å². The number of nitrogens with one attached hydrogen (secondary N) is 1. The molecule has 5 aromatic rings. The molecular formula is C28H24BrClN2O4S2. The van der Waals surface area contributed by atoms with E-state index in [1.165, 1.54) is 17.6 Å². The smallest absolute Gasteiger partial charge is 0.197 e. The van der Waals surface area contributed by atoms with Crippen LogP contribution in [0.5, 0.6) is 5.75 Å². The van der Waals surface area contributed by atoms with E-state index in [1.807, 2.05) is 18.4 Å². The van der Waals surface area contributed by atoms with Gasteiger partial charge in [-0.25, -0.2) is 13.4 Å². The molecule has 196 valence electrons. The van der Waals surface area contributed by atoms with Gasteiger partial charge >= 0.3 is 0 Å². The summed E-state index contributed by atoms with van der Waals surface area (Å²) in [5.74, 6) is 0.351. The van der Waals surface area contributed by atoms with Crippen LogP contribution >= 0.6 is 39.9 Å². The van der Waals surface area contributed by atoms with Gasteiger partial charge in [-0.1, -0.05) is 23.7 Å². The molecule has 2 aromatic heterocycles. The fourth-order valence-electron chi connectivity index (χ4n) is 4.38. The first-order valence-electron chi connectivity index (χ1n) is 11.4. The van der Waals surface area contributed by atoms with Crippen LogP contribution in [0.15, 0.2) is 70.9 Å². The molecule has 0 bridgehead atoms. The number of ketones is 1. The van der Waals surface area contributed by atoms with Crippen LogP contribution in [-0.4, -0.2) is 37.5 Å². The van der Waals surface area contributed by atoms with Gasteiger partial charge in [0.2, 0.25) is 0 Å². The maximum atomic E-state index is 13.7. The highest BCUT2D eigenvalue weighted by atomic mass is 79.9. The molecule has 38 heavy (non-hydrogen) atoms. The minimum Gasteiger partial charge on any atom is -0.496 e. The van der Waals surface area contributed by atoms with E-state index in [2.05, 4.69) is 4.98 Å². The van der Waals surface area contributed by atoms with E-state index in [0.717, 1.165) is 38.4 Å². The third kappa shape index (κ3) is 5.42. The molecule has 5 rings (SSSR count). The number of carbonyl (C=O) groups excluding carboxylic acids is 1. The molecule has 1 N–H and O–H groups in total. The molecule has 6 nitrogen and oxygen atoms in total. The maximum Gasteiger partial charge on any atom is 0.197 e. The summed E-state index contributed by atoms with van der Waals surface area (Å²) >= 11 is 7.55. The number of sulfone groups is 1. The number of nitrogens with zero attached hydrogens (tertiary/aromatic N) is 1. The van der Waals surface area contributed by atoms with Gasteiger partial charge in [0, 0.05) is 50.8 Å². The maximum absolute atomic E-state index is 13.7. The molecule has 0 saturated carbocycles. The highest BCUT2D eigenvalue weighted by Crippen LogP contribution is 2.36. The van der Waals surface area contributed by atoms with E-state index in [0.29, 0.717) is 28.3 Å². The number of fused-ring (bicyclic) bond motifs is 1. The number of hydrogen-bond acceptors (Lipinski definition) is 6. The Hall–Kier alpha value is -2.98. The zero-order valence-electron chi connectivity index (χ0n) is 20.7. The van der Waals surface area contributed by atoms with Crippen LogP contribution in [0.2, 0.25) is 5.02 Å². The van der Waals surface area contributed by atoms with Crippen molar-refractivity contribution in [3.63, 3.8) is 0 Å². The number of aromatic amines is 1. The number of benzene rings is 3. The summed E-state index contributed by atoms with van der Waals surface area (Å²) in [6, 6.07) is 17.2. The number of hydrogen-bond donors (Lipinski definition) is 1. The minimum absolute atomic E-state index is 0. The Bertz CT molecular complexity index is 1740. The van der Waals surface area contributed by atoms with Crippen LogP contribution in [0, 0.1) is 6.92 Å². The van der Waals surface area contributed by atoms with Gasteiger partial charge in [-0.15, -0.1) is 28.3 Å². The van der Waals surface area contributed by atoms with Crippen molar-refractivity contribution in [1.29, 1.82) is 0 Å². The van der Waals surface area contributed by atoms with Gasteiger partial charge in [0.1, 0.15) is 5.75 Å². The lowest BCUT2D eigenvalue weighted by Crippen LogP contribution is -2.06. The lowest BCUT2D eigenvalue weighted by Gasteiger charge is -2.11. The zero-order valence-corrected chi connectivity index (χ0v) is 24.8. The number of aryl methyl sites for hydroxylation is 1. The third-order valence-electron chi connectivity index (χ3n) is 6.26. The van der Waals surface area contributed by atoms with Gasteiger partial charge in [-0.05, 0) is 61.0 Å². The molecule has 2 heterocycles. The van der Waals surface area contributed by atoms with Crippen molar-refractivity contribution in [1.82, 2.24) is 9.97 Å².